The number of anilines is 1. The molecule has 0 spiro atoms. The Labute approximate surface area is 226 Å². The lowest BCUT2D eigenvalue weighted by Gasteiger charge is -2.38. The molecule has 2 aliphatic carbocycles. The van der Waals surface area contributed by atoms with Crippen molar-refractivity contribution in [3.8, 4) is 5.75 Å². The van der Waals surface area contributed by atoms with Gasteiger partial charge in [-0.05, 0) is 63.5 Å². The first kappa shape index (κ1) is 24.4. The van der Waals surface area contributed by atoms with E-state index in [4.69, 9.17) is 19.0 Å². The number of thiazole rings is 1. The number of hydrogen-bond acceptors (Lipinski definition) is 8. The molecule has 0 radical (unpaired) electrons. The Morgan fingerprint density at radius 2 is 1.84 bits per heavy atom. The van der Waals surface area contributed by atoms with Gasteiger partial charge in [0.2, 0.25) is 0 Å². The molecule has 202 valence electrons. The van der Waals surface area contributed by atoms with Crippen LogP contribution in [0.3, 0.4) is 0 Å². The van der Waals surface area contributed by atoms with Gasteiger partial charge in [0.25, 0.3) is 0 Å². The maximum Gasteiger partial charge on any atom is 0.335 e. The number of carboxylic acids is 1. The van der Waals surface area contributed by atoms with Crippen LogP contribution in [-0.2, 0) is 11.3 Å². The van der Waals surface area contributed by atoms with Gasteiger partial charge < -0.3 is 24.0 Å². The number of methoxy groups -OCH3 is 1. The average Bonchev–Trinajstić information content (AvgIpc) is 3.44. The Morgan fingerprint density at radius 3 is 2.53 bits per heavy atom. The van der Waals surface area contributed by atoms with E-state index in [1.807, 2.05) is 0 Å². The molecule has 9 heteroatoms. The highest BCUT2D eigenvalue weighted by molar-refractivity contribution is 7.22. The molecule has 1 N–H and O–H groups in total. The molecule has 8 nitrogen and oxygen atoms in total. The normalized spacial score (nSPS) is 25.8. The highest BCUT2D eigenvalue weighted by Crippen LogP contribution is 2.47. The number of rotatable bonds is 8. The molecule has 3 atom stereocenters. The fourth-order valence-electron chi connectivity index (χ4n) is 7.00. The first-order chi connectivity index (χ1) is 18.6. The molecule has 1 aromatic carbocycles. The van der Waals surface area contributed by atoms with Gasteiger partial charge in [0, 0.05) is 29.5 Å². The number of aromatic carboxylic acids is 1. The van der Waals surface area contributed by atoms with Crippen LogP contribution in [0.2, 0.25) is 0 Å². The van der Waals surface area contributed by atoms with Gasteiger partial charge >= 0.3 is 5.97 Å². The van der Waals surface area contributed by atoms with Gasteiger partial charge in [-0.1, -0.05) is 35.8 Å². The molecule has 0 amide bonds. The summed E-state index contributed by atoms with van der Waals surface area (Å²) in [7, 11) is 1.57. The van der Waals surface area contributed by atoms with E-state index in [1.54, 1.807) is 30.6 Å². The Bertz CT molecular complexity index is 1330. The second-order valence-electron chi connectivity index (χ2n) is 11.5. The average molecular weight is 538 g/mol. The quantitative estimate of drug-likeness (QED) is 0.342. The molecule has 4 fully saturated rings. The van der Waals surface area contributed by atoms with E-state index in [1.165, 1.54) is 56.2 Å². The van der Waals surface area contributed by atoms with E-state index in [-0.39, 0.29) is 11.7 Å². The minimum absolute atomic E-state index is 0.215. The van der Waals surface area contributed by atoms with Crippen LogP contribution in [0.25, 0.3) is 10.2 Å². The number of hydrogen-bond donors (Lipinski definition) is 1. The number of benzene rings is 1. The van der Waals surface area contributed by atoms with E-state index in [2.05, 4.69) is 10.1 Å². The van der Waals surface area contributed by atoms with Gasteiger partial charge in [0.05, 0.1) is 35.8 Å². The summed E-state index contributed by atoms with van der Waals surface area (Å²) in [5.41, 5.74) is 3.40. The first-order valence-corrected chi connectivity index (χ1v) is 15.0. The van der Waals surface area contributed by atoms with Crippen molar-refractivity contribution in [3.63, 3.8) is 0 Å². The fourth-order valence-corrected chi connectivity index (χ4v) is 8.16. The summed E-state index contributed by atoms with van der Waals surface area (Å²) in [5.74, 6) is 1.71. The van der Waals surface area contributed by atoms with Crippen molar-refractivity contribution in [2.75, 3.05) is 12.0 Å². The van der Waals surface area contributed by atoms with Crippen LogP contribution in [0, 0.1) is 0 Å². The van der Waals surface area contributed by atoms with Gasteiger partial charge in [0.1, 0.15) is 17.0 Å². The number of ether oxygens (including phenoxy) is 2. The predicted molar refractivity (Wildman–Crippen MR) is 145 cm³/mol. The van der Waals surface area contributed by atoms with Crippen molar-refractivity contribution in [3.05, 3.63) is 34.7 Å². The smallest absolute Gasteiger partial charge is 0.335 e. The van der Waals surface area contributed by atoms with Crippen molar-refractivity contribution < 1.29 is 23.9 Å². The highest BCUT2D eigenvalue weighted by atomic mass is 32.1. The maximum atomic E-state index is 11.6. The third kappa shape index (κ3) is 4.37. The van der Waals surface area contributed by atoms with E-state index in [0.29, 0.717) is 36.3 Å². The van der Waals surface area contributed by atoms with Crippen LogP contribution < -0.4 is 9.64 Å². The largest absolute Gasteiger partial charge is 0.494 e. The zero-order valence-corrected chi connectivity index (χ0v) is 22.7. The lowest BCUT2D eigenvalue weighted by Crippen LogP contribution is -2.45. The summed E-state index contributed by atoms with van der Waals surface area (Å²) in [5, 5.41) is 15.1. The van der Waals surface area contributed by atoms with E-state index < -0.39 is 5.97 Å². The molecule has 2 bridgehead atoms. The molecule has 4 heterocycles. The monoisotopic (exact) mass is 537 g/mol. The maximum absolute atomic E-state index is 11.6. The second-order valence-corrected chi connectivity index (χ2v) is 12.6. The first-order valence-electron chi connectivity index (χ1n) is 14.2. The molecular weight excluding hydrogens is 502 g/mol. The number of aromatic nitrogens is 2. The molecule has 2 aliphatic heterocycles. The number of carbonyl (C=O) groups is 1. The number of piperidine rings is 1. The van der Waals surface area contributed by atoms with Gasteiger partial charge in [-0.3, -0.25) is 0 Å². The lowest BCUT2D eigenvalue weighted by atomic mass is 9.85. The number of carboxylic acid groups (broad SMARTS) is 1. The highest BCUT2D eigenvalue weighted by Gasteiger charge is 2.43. The molecule has 2 saturated carbocycles. The van der Waals surface area contributed by atoms with Crippen LogP contribution in [0.15, 0.2) is 16.7 Å². The van der Waals surface area contributed by atoms with Crippen molar-refractivity contribution in [1.82, 2.24) is 10.1 Å². The predicted octanol–water partition coefficient (Wildman–Crippen LogP) is 6.63. The van der Waals surface area contributed by atoms with E-state index in [9.17, 15) is 9.90 Å². The van der Waals surface area contributed by atoms with Gasteiger partial charge in [-0.25, -0.2) is 9.78 Å². The third-order valence-corrected chi connectivity index (χ3v) is 10.1. The summed E-state index contributed by atoms with van der Waals surface area (Å²) >= 11 is 1.56. The molecular formula is C29H35N3O5S. The molecule has 38 heavy (non-hydrogen) atoms. The Hall–Kier alpha value is -2.65. The Balaban J connectivity index is 1.08. The van der Waals surface area contributed by atoms with Gasteiger partial charge in [0.15, 0.2) is 5.13 Å². The summed E-state index contributed by atoms with van der Waals surface area (Å²) in [6.45, 7) is 0.613. The Morgan fingerprint density at radius 1 is 1.08 bits per heavy atom. The summed E-state index contributed by atoms with van der Waals surface area (Å²) < 4.78 is 18.9. The van der Waals surface area contributed by atoms with Crippen LogP contribution in [-0.4, -0.2) is 46.5 Å². The molecule has 4 aliphatic rings. The van der Waals surface area contributed by atoms with Crippen LogP contribution in [0.5, 0.6) is 5.75 Å². The molecule has 1 unspecified atom stereocenters. The fraction of sp³-hybridized carbons (Fsp3) is 0.621. The van der Waals surface area contributed by atoms with Crippen molar-refractivity contribution >= 4 is 32.7 Å². The Kier molecular flexibility index (Phi) is 6.31. The SMILES string of the molecule is COc1cc(C(=O)O)cc2sc(N3[C@@H]4CC[C@H]3CC(OCc3c(C5CCCCC5)noc3C3CC3)C4)nc12. The zero-order valence-electron chi connectivity index (χ0n) is 21.9. The zero-order chi connectivity index (χ0) is 25.8. The van der Waals surface area contributed by atoms with Crippen molar-refractivity contribution in [1.29, 1.82) is 0 Å². The van der Waals surface area contributed by atoms with E-state index in [0.717, 1.165) is 46.8 Å². The third-order valence-electron chi connectivity index (χ3n) is 9.08. The van der Waals surface area contributed by atoms with Crippen LogP contribution in [0.4, 0.5) is 5.13 Å². The summed E-state index contributed by atoms with van der Waals surface area (Å²) in [4.78, 5) is 19.0. The second kappa shape index (κ2) is 9.83. The minimum Gasteiger partial charge on any atom is -0.494 e. The minimum atomic E-state index is -0.956. The lowest BCUT2D eigenvalue weighted by molar-refractivity contribution is 0.0141. The molecule has 2 aromatic heterocycles. The standard InChI is InChI=1S/C29H35N3O5S/c1-35-23-11-18(28(33)34)12-24-26(23)30-29(38-24)32-19-9-10-20(32)14-21(13-19)36-15-22-25(16-5-3-2-4-6-16)31-37-27(22)17-7-8-17/h11-12,16-17,19-21H,2-10,13-15H2,1H3,(H,33,34)/t19-,20+,21?. The van der Waals surface area contributed by atoms with Crippen molar-refractivity contribution in [2.45, 2.75) is 107 Å². The summed E-state index contributed by atoms with van der Waals surface area (Å²) in [6, 6.07) is 4.03. The topological polar surface area (TPSA) is 97.9 Å². The van der Waals surface area contributed by atoms with Crippen LogP contribution in [0.1, 0.15) is 110 Å². The number of fused-ring (bicyclic) bond motifs is 3. The molecule has 2 saturated heterocycles. The van der Waals surface area contributed by atoms with Gasteiger partial charge in [-0.15, -0.1) is 0 Å². The summed E-state index contributed by atoms with van der Waals surface area (Å²) in [6.07, 6.45) is 13.2. The number of nitrogens with zero attached hydrogens (tertiary/aromatic N) is 3. The van der Waals surface area contributed by atoms with Gasteiger partial charge in [-0.2, -0.15) is 0 Å². The molecule has 7 rings (SSSR count). The van der Waals surface area contributed by atoms with Crippen molar-refractivity contribution in [2.24, 2.45) is 0 Å². The van der Waals surface area contributed by atoms with E-state index >= 15 is 0 Å². The molecule has 3 aromatic rings. The van der Waals surface area contributed by atoms with Crippen LogP contribution >= 0.6 is 11.3 Å².